The number of hydrogen-bond acceptors (Lipinski definition) is 5. The third-order valence-corrected chi connectivity index (χ3v) is 8.93. The molecule has 2 heterocycles. The number of benzene rings is 3. The van der Waals surface area contributed by atoms with E-state index in [0.717, 1.165) is 50.2 Å². The van der Waals surface area contributed by atoms with E-state index in [1.807, 2.05) is 53.9 Å². The lowest BCUT2D eigenvalue weighted by atomic mass is 9.97. The molecule has 0 saturated heterocycles. The minimum Gasteiger partial charge on any atom is -0.469 e. The molecule has 2 unspecified atom stereocenters. The Hall–Kier alpha value is -3.57. The van der Waals surface area contributed by atoms with Gasteiger partial charge in [-0.2, -0.15) is 5.26 Å². The van der Waals surface area contributed by atoms with Crippen LogP contribution in [0.25, 0.3) is 33.3 Å². The maximum absolute atomic E-state index is 14.6. The topological polar surface area (TPSA) is 55.0 Å². The third-order valence-electron chi connectivity index (χ3n) is 6.82. The van der Waals surface area contributed by atoms with Crippen molar-refractivity contribution in [2.45, 2.75) is 17.2 Å². The molecule has 3 aromatic carbocycles. The molecule has 1 saturated carbocycles. The fourth-order valence-corrected chi connectivity index (χ4v) is 6.78. The maximum Gasteiger partial charge on any atom is 0.309 e. The summed E-state index contributed by atoms with van der Waals surface area (Å²) in [5.74, 6) is -0.581. The molecule has 1 fully saturated rings. The molecule has 0 radical (unpaired) electrons. The molecule has 8 heteroatoms. The molecule has 2 aromatic heterocycles. The Morgan fingerprint density at radius 1 is 1.16 bits per heavy atom. The molecular formula is C30H20ClFN2O2S2. The second-order valence-corrected chi connectivity index (χ2v) is 11.5. The summed E-state index contributed by atoms with van der Waals surface area (Å²) in [7, 11) is 1.42. The first-order chi connectivity index (χ1) is 18.5. The molecule has 5 aromatic rings. The Bertz CT molecular complexity index is 1740. The SMILES string of the molecule is COC(=O)C1CC1c1cccc(-c2c(-c3ccsc3C#N)c3cc(F)ccc3n2Sc2ccc(Cl)cc2)c1. The van der Waals surface area contributed by atoms with Crippen molar-refractivity contribution in [3.63, 3.8) is 0 Å². The van der Waals surface area contributed by atoms with Crippen LogP contribution in [0.3, 0.4) is 0 Å². The van der Waals surface area contributed by atoms with E-state index in [1.165, 1.54) is 42.5 Å². The molecular weight excluding hydrogens is 539 g/mol. The minimum absolute atomic E-state index is 0.0980. The highest BCUT2D eigenvalue weighted by molar-refractivity contribution is 7.98. The lowest BCUT2D eigenvalue weighted by Crippen LogP contribution is -2.03. The zero-order valence-corrected chi connectivity index (χ0v) is 22.5. The Morgan fingerprint density at radius 2 is 1.97 bits per heavy atom. The van der Waals surface area contributed by atoms with Crippen molar-refractivity contribution in [1.82, 2.24) is 3.97 Å². The molecule has 38 heavy (non-hydrogen) atoms. The van der Waals surface area contributed by atoms with Gasteiger partial charge in [-0.15, -0.1) is 11.3 Å². The van der Waals surface area contributed by atoms with Crippen LogP contribution < -0.4 is 0 Å². The van der Waals surface area contributed by atoms with Crippen molar-refractivity contribution in [3.8, 4) is 28.5 Å². The largest absolute Gasteiger partial charge is 0.469 e. The second-order valence-electron chi connectivity index (χ2n) is 9.10. The van der Waals surface area contributed by atoms with Crippen LogP contribution in [0.2, 0.25) is 5.02 Å². The number of rotatable bonds is 6. The van der Waals surface area contributed by atoms with Crippen molar-refractivity contribution in [2.75, 3.05) is 7.11 Å². The molecule has 2 atom stereocenters. The number of halogens is 2. The first-order valence-corrected chi connectivity index (χ1v) is 14.0. The average molecular weight is 559 g/mol. The zero-order valence-electron chi connectivity index (χ0n) is 20.2. The van der Waals surface area contributed by atoms with E-state index in [9.17, 15) is 14.4 Å². The number of carbonyl (C=O) groups is 1. The third kappa shape index (κ3) is 4.39. The molecule has 0 aliphatic heterocycles. The van der Waals surface area contributed by atoms with Gasteiger partial charge in [-0.25, -0.2) is 4.39 Å². The van der Waals surface area contributed by atoms with Gasteiger partial charge in [0.15, 0.2) is 0 Å². The Kier molecular flexibility index (Phi) is 6.48. The van der Waals surface area contributed by atoms with E-state index in [2.05, 4.69) is 16.1 Å². The summed E-state index contributed by atoms with van der Waals surface area (Å²) in [5.41, 5.74) is 5.22. The highest BCUT2D eigenvalue weighted by Gasteiger charge is 2.45. The minimum atomic E-state index is -0.347. The molecule has 0 amide bonds. The number of fused-ring (bicyclic) bond motifs is 1. The maximum atomic E-state index is 14.6. The lowest BCUT2D eigenvalue weighted by molar-refractivity contribution is -0.142. The monoisotopic (exact) mass is 558 g/mol. The number of aromatic nitrogens is 1. The predicted molar refractivity (Wildman–Crippen MR) is 151 cm³/mol. The van der Waals surface area contributed by atoms with Gasteiger partial charge in [0.1, 0.15) is 16.8 Å². The van der Waals surface area contributed by atoms with Gasteiger partial charge in [0.05, 0.1) is 24.2 Å². The van der Waals surface area contributed by atoms with Crippen molar-refractivity contribution in [2.24, 2.45) is 5.92 Å². The highest BCUT2D eigenvalue weighted by atomic mass is 35.5. The van der Waals surface area contributed by atoms with Crippen LogP contribution in [-0.4, -0.2) is 17.1 Å². The molecule has 0 spiro atoms. The van der Waals surface area contributed by atoms with Gasteiger partial charge in [-0.05, 0) is 89.8 Å². The van der Waals surface area contributed by atoms with Crippen LogP contribution in [0.15, 0.2) is 83.1 Å². The van der Waals surface area contributed by atoms with Gasteiger partial charge in [0.2, 0.25) is 0 Å². The summed E-state index contributed by atoms with van der Waals surface area (Å²) in [6, 6.07) is 24.7. The number of methoxy groups -OCH3 is 1. The van der Waals surface area contributed by atoms with Crippen LogP contribution in [0.1, 0.15) is 22.8 Å². The van der Waals surface area contributed by atoms with Crippen LogP contribution in [0.4, 0.5) is 4.39 Å². The van der Waals surface area contributed by atoms with E-state index < -0.39 is 0 Å². The van der Waals surface area contributed by atoms with Crippen molar-refractivity contribution in [3.05, 3.63) is 99.5 Å². The second kappa shape index (κ2) is 9.95. The van der Waals surface area contributed by atoms with Gasteiger partial charge in [0, 0.05) is 32.0 Å². The average Bonchev–Trinajstić information content (AvgIpc) is 3.50. The van der Waals surface area contributed by atoms with Crippen LogP contribution in [-0.2, 0) is 9.53 Å². The number of carbonyl (C=O) groups excluding carboxylic acids is 1. The van der Waals surface area contributed by atoms with E-state index in [1.54, 1.807) is 6.07 Å². The lowest BCUT2D eigenvalue weighted by Gasteiger charge is -2.13. The first-order valence-electron chi connectivity index (χ1n) is 11.9. The van der Waals surface area contributed by atoms with Crippen molar-refractivity contribution >= 4 is 51.8 Å². The van der Waals surface area contributed by atoms with Gasteiger partial charge < -0.3 is 4.74 Å². The zero-order chi connectivity index (χ0) is 26.4. The van der Waals surface area contributed by atoms with Crippen LogP contribution >= 0.6 is 34.9 Å². The summed E-state index contributed by atoms with van der Waals surface area (Å²) in [6.45, 7) is 0. The number of esters is 1. The van der Waals surface area contributed by atoms with E-state index in [0.29, 0.717) is 9.90 Å². The van der Waals surface area contributed by atoms with E-state index >= 15 is 0 Å². The number of nitrogens with zero attached hydrogens (tertiary/aromatic N) is 2. The molecule has 0 bridgehead atoms. The Morgan fingerprint density at radius 3 is 2.74 bits per heavy atom. The predicted octanol–water partition coefficient (Wildman–Crippen LogP) is 8.53. The normalized spacial score (nSPS) is 16.4. The number of nitriles is 1. The number of thiophene rings is 1. The highest BCUT2D eigenvalue weighted by Crippen LogP contribution is 2.51. The molecule has 1 aliphatic carbocycles. The van der Waals surface area contributed by atoms with E-state index in [4.69, 9.17) is 16.3 Å². The molecule has 6 rings (SSSR count). The Labute approximate surface area is 232 Å². The standard InChI is InChI=1S/C30H20ClFN2O2S2/c1-36-30(35)24-15-23(24)17-3-2-4-18(13-17)29-28(22-11-12-37-27(22)16-33)25-14-20(32)7-10-26(25)34(29)38-21-8-5-19(31)6-9-21/h2-14,23-24H,15H2,1H3. The summed E-state index contributed by atoms with van der Waals surface area (Å²) in [6.07, 6.45) is 0.750. The number of hydrogen-bond donors (Lipinski definition) is 0. The summed E-state index contributed by atoms with van der Waals surface area (Å²) in [5, 5.41) is 13.1. The van der Waals surface area contributed by atoms with Crippen molar-refractivity contribution < 1.29 is 13.9 Å². The summed E-state index contributed by atoms with van der Waals surface area (Å²) in [4.78, 5) is 13.6. The van der Waals surface area contributed by atoms with Gasteiger partial charge in [-0.1, -0.05) is 29.8 Å². The van der Waals surface area contributed by atoms with Gasteiger partial charge in [-0.3, -0.25) is 8.77 Å². The van der Waals surface area contributed by atoms with E-state index in [-0.39, 0.29) is 23.6 Å². The molecule has 0 N–H and O–H groups in total. The fourth-order valence-electron chi connectivity index (χ4n) is 4.95. The Balaban J connectivity index is 1.60. The first kappa shape index (κ1) is 24.7. The fraction of sp³-hybridized carbons (Fsp3) is 0.133. The van der Waals surface area contributed by atoms with Gasteiger partial charge >= 0.3 is 5.97 Å². The summed E-state index contributed by atoms with van der Waals surface area (Å²) < 4.78 is 21.7. The van der Waals surface area contributed by atoms with Crippen molar-refractivity contribution in [1.29, 1.82) is 5.26 Å². The number of ether oxygens (including phenoxy) is 1. The molecule has 1 aliphatic rings. The molecule has 188 valence electrons. The molecule has 4 nitrogen and oxygen atoms in total. The smallest absolute Gasteiger partial charge is 0.309 e. The summed E-state index contributed by atoms with van der Waals surface area (Å²) >= 11 is 9.01. The van der Waals surface area contributed by atoms with Crippen LogP contribution in [0.5, 0.6) is 0 Å². The quantitative estimate of drug-likeness (QED) is 0.196. The van der Waals surface area contributed by atoms with Gasteiger partial charge in [0.25, 0.3) is 0 Å². The van der Waals surface area contributed by atoms with Crippen LogP contribution in [0, 0.1) is 23.1 Å².